The quantitative estimate of drug-likeness (QED) is 0.426. The van der Waals surface area contributed by atoms with Crippen LogP contribution in [0.25, 0.3) is 0 Å². The van der Waals surface area contributed by atoms with E-state index in [1.54, 1.807) is 18.2 Å². The van der Waals surface area contributed by atoms with Crippen molar-refractivity contribution in [2.24, 2.45) is 4.99 Å². The Kier molecular flexibility index (Phi) is 7.11. The van der Waals surface area contributed by atoms with Gasteiger partial charge in [-0.15, -0.1) is 0 Å². The molecule has 0 aromatic heterocycles. The van der Waals surface area contributed by atoms with Crippen LogP contribution in [0.2, 0.25) is 0 Å². The Bertz CT molecular complexity index is 1180. The molecule has 0 aliphatic carbocycles. The third-order valence-electron chi connectivity index (χ3n) is 5.55. The second-order valence-electron chi connectivity index (χ2n) is 7.65. The summed E-state index contributed by atoms with van der Waals surface area (Å²) in [5.74, 6) is 0.210. The molecule has 2 atom stereocenters. The number of hydrogen-bond acceptors (Lipinski definition) is 6. The van der Waals surface area contributed by atoms with Crippen molar-refractivity contribution in [3.63, 3.8) is 0 Å². The highest BCUT2D eigenvalue weighted by atomic mass is 79.9. The summed E-state index contributed by atoms with van der Waals surface area (Å²) in [4.78, 5) is 16.8. The summed E-state index contributed by atoms with van der Waals surface area (Å²) >= 11 is 3.54. The van der Waals surface area contributed by atoms with Crippen molar-refractivity contribution in [2.45, 2.75) is 25.6 Å². The summed E-state index contributed by atoms with van der Waals surface area (Å²) in [7, 11) is 1.36. The molecule has 0 saturated heterocycles. The molecule has 3 aromatic carbocycles. The number of aromatic hydroxyl groups is 1. The molecule has 0 unspecified atom stereocenters. The fraction of sp³-hybridized carbons (Fsp3) is 0.231. The number of rotatable bonds is 6. The van der Waals surface area contributed by atoms with Crippen molar-refractivity contribution in [1.82, 2.24) is 5.32 Å². The first-order valence-electron chi connectivity index (χ1n) is 10.7. The molecule has 0 fully saturated rings. The van der Waals surface area contributed by atoms with Gasteiger partial charge in [-0.1, -0.05) is 52.3 Å². The van der Waals surface area contributed by atoms with Gasteiger partial charge in [0.2, 0.25) is 0 Å². The number of halogens is 1. The van der Waals surface area contributed by atoms with Crippen LogP contribution in [0.15, 0.2) is 76.2 Å². The highest BCUT2D eigenvalue weighted by Crippen LogP contribution is 2.39. The summed E-state index contributed by atoms with van der Waals surface area (Å²) in [5.41, 5.74) is 4.06. The molecule has 0 amide bonds. The number of benzene rings is 3. The largest absolute Gasteiger partial charge is 0.504 e. The van der Waals surface area contributed by atoms with Gasteiger partial charge in [-0.3, -0.25) is 10.3 Å². The third-order valence-corrected chi connectivity index (χ3v) is 6.05. The minimum Gasteiger partial charge on any atom is -0.504 e. The normalized spacial score (nSPS) is 17.8. The molecule has 0 saturated carbocycles. The van der Waals surface area contributed by atoms with Gasteiger partial charge in [0.05, 0.1) is 19.3 Å². The summed E-state index contributed by atoms with van der Waals surface area (Å²) in [6.07, 6.45) is 0.232. The first-order valence-corrected chi connectivity index (χ1v) is 11.5. The minimum absolute atomic E-state index is 0.132. The molecule has 33 heavy (non-hydrogen) atoms. The molecular formula is C26H25BrN2O4. The zero-order valence-electron chi connectivity index (χ0n) is 18.4. The van der Waals surface area contributed by atoms with E-state index in [0.717, 1.165) is 26.9 Å². The number of hydrogen-bond donors (Lipinski definition) is 2. The Morgan fingerprint density at radius 3 is 2.61 bits per heavy atom. The van der Waals surface area contributed by atoms with E-state index < -0.39 is 0 Å². The lowest BCUT2D eigenvalue weighted by molar-refractivity contribution is 0.0600. The van der Waals surface area contributed by atoms with Gasteiger partial charge in [-0.25, -0.2) is 4.79 Å². The van der Waals surface area contributed by atoms with Crippen LogP contribution in [-0.2, 0) is 4.74 Å². The van der Waals surface area contributed by atoms with E-state index in [0.29, 0.717) is 24.3 Å². The zero-order chi connectivity index (χ0) is 23.4. The molecule has 0 bridgehead atoms. The van der Waals surface area contributed by atoms with Gasteiger partial charge in [-0.05, 0) is 48.4 Å². The van der Waals surface area contributed by atoms with Crippen LogP contribution in [0.1, 0.15) is 52.6 Å². The molecule has 1 heterocycles. The van der Waals surface area contributed by atoms with Gasteiger partial charge >= 0.3 is 5.97 Å². The highest BCUT2D eigenvalue weighted by Gasteiger charge is 2.28. The number of phenolic OH excluding ortho intramolecular Hbond substituents is 1. The Balaban J connectivity index is 1.73. The summed E-state index contributed by atoms with van der Waals surface area (Å²) < 4.78 is 11.4. The number of phenols is 1. The monoisotopic (exact) mass is 508 g/mol. The lowest BCUT2D eigenvalue weighted by atomic mass is 9.93. The molecule has 0 spiro atoms. The molecule has 2 N–H and O–H groups in total. The van der Waals surface area contributed by atoms with Gasteiger partial charge in [-0.2, -0.15) is 0 Å². The van der Waals surface area contributed by atoms with Crippen molar-refractivity contribution in [3.8, 4) is 11.5 Å². The number of nitrogens with one attached hydrogen (secondary N) is 1. The van der Waals surface area contributed by atoms with Gasteiger partial charge in [0.25, 0.3) is 0 Å². The molecule has 170 valence electrons. The number of para-hydroxylation sites is 1. The van der Waals surface area contributed by atoms with Crippen LogP contribution < -0.4 is 10.1 Å². The predicted molar refractivity (Wildman–Crippen MR) is 131 cm³/mol. The number of esters is 1. The van der Waals surface area contributed by atoms with Crippen molar-refractivity contribution in [3.05, 3.63) is 93.5 Å². The first kappa shape index (κ1) is 23.0. The smallest absolute Gasteiger partial charge is 0.337 e. The number of carbonyl (C=O) groups excluding carboxylic acids is 1. The second kappa shape index (κ2) is 10.2. The van der Waals surface area contributed by atoms with Gasteiger partial charge in [0, 0.05) is 28.2 Å². The number of nitrogens with zero attached hydrogens (tertiary/aromatic N) is 1. The maximum Gasteiger partial charge on any atom is 0.337 e. The average molecular weight is 509 g/mol. The number of aliphatic imine (C=N–C) groups is 1. The van der Waals surface area contributed by atoms with E-state index in [-0.39, 0.29) is 23.9 Å². The summed E-state index contributed by atoms with van der Waals surface area (Å²) in [6, 6.07) is 20.6. The first-order chi connectivity index (χ1) is 16.0. The predicted octanol–water partition coefficient (Wildman–Crippen LogP) is 5.56. The lowest BCUT2D eigenvalue weighted by Crippen LogP contribution is -2.33. The lowest BCUT2D eigenvalue weighted by Gasteiger charge is -2.31. The van der Waals surface area contributed by atoms with Gasteiger partial charge in [0.1, 0.15) is 6.17 Å². The third kappa shape index (κ3) is 5.10. The SMILES string of the molecule is CCOc1cccc([C@@H]2CC(c3cccc(Br)c3)=N[C@H](c3ccc(C(=O)OC)cc3)N2)c1O. The van der Waals surface area contributed by atoms with Crippen LogP contribution >= 0.6 is 15.9 Å². The second-order valence-corrected chi connectivity index (χ2v) is 8.57. The Hall–Kier alpha value is -3.16. The minimum atomic E-state index is -0.382. The van der Waals surface area contributed by atoms with Crippen LogP contribution in [-0.4, -0.2) is 30.5 Å². The molecule has 7 heteroatoms. The molecule has 1 aliphatic rings. The van der Waals surface area contributed by atoms with Crippen molar-refractivity contribution >= 4 is 27.6 Å². The standard InChI is InChI=1S/C26H25BrN2O4/c1-3-33-23-9-5-8-20(24(23)30)22-15-21(18-6-4-7-19(27)14-18)28-25(29-22)16-10-12-17(13-11-16)26(31)32-2/h4-14,22,25,29-30H,3,15H2,1-2H3/t22-,25-/m0/s1. The van der Waals surface area contributed by atoms with Crippen LogP contribution in [0.3, 0.4) is 0 Å². The van der Waals surface area contributed by atoms with E-state index in [9.17, 15) is 9.90 Å². The Morgan fingerprint density at radius 1 is 1.15 bits per heavy atom. The molecule has 3 aromatic rings. The van der Waals surface area contributed by atoms with Gasteiger partial charge in [0.15, 0.2) is 11.5 Å². The van der Waals surface area contributed by atoms with E-state index in [2.05, 4.69) is 21.2 Å². The van der Waals surface area contributed by atoms with E-state index in [1.807, 2.05) is 55.5 Å². The summed E-state index contributed by atoms with van der Waals surface area (Å²) in [6.45, 7) is 2.35. The van der Waals surface area contributed by atoms with E-state index in [1.165, 1.54) is 7.11 Å². The van der Waals surface area contributed by atoms with Crippen molar-refractivity contribution in [1.29, 1.82) is 0 Å². The van der Waals surface area contributed by atoms with Crippen LogP contribution in [0, 0.1) is 0 Å². The molecular weight excluding hydrogens is 484 g/mol. The maximum absolute atomic E-state index is 11.8. The summed E-state index contributed by atoms with van der Waals surface area (Å²) in [5, 5.41) is 14.4. The maximum atomic E-state index is 11.8. The number of carbonyl (C=O) groups is 1. The van der Waals surface area contributed by atoms with E-state index >= 15 is 0 Å². The highest BCUT2D eigenvalue weighted by molar-refractivity contribution is 9.10. The fourth-order valence-electron chi connectivity index (χ4n) is 3.93. The average Bonchev–Trinajstić information content (AvgIpc) is 2.85. The molecule has 6 nitrogen and oxygen atoms in total. The topological polar surface area (TPSA) is 80.2 Å². The molecule has 0 radical (unpaired) electrons. The van der Waals surface area contributed by atoms with E-state index in [4.69, 9.17) is 14.5 Å². The van der Waals surface area contributed by atoms with Crippen molar-refractivity contribution < 1.29 is 19.4 Å². The number of ether oxygens (including phenoxy) is 2. The number of methoxy groups -OCH3 is 1. The molecule has 4 rings (SSSR count). The Labute approximate surface area is 201 Å². The fourth-order valence-corrected chi connectivity index (χ4v) is 4.33. The Morgan fingerprint density at radius 2 is 1.91 bits per heavy atom. The molecule has 1 aliphatic heterocycles. The van der Waals surface area contributed by atoms with Crippen LogP contribution in [0.4, 0.5) is 0 Å². The zero-order valence-corrected chi connectivity index (χ0v) is 20.0. The van der Waals surface area contributed by atoms with Gasteiger partial charge < -0.3 is 14.6 Å². The van der Waals surface area contributed by atoms with Crippen LogP contribution in [0.5, 0.6) is 11.5 Å². The van der Waals surface area contributed by atoms with Crippen molar-refractivity contribution in [2.75, 3.05) is 13.7 Å².